The molecule has 0 radical (unpaired) electrons. The molecule has 3 nitrogen and oxygen atoms in total. The molecule has 0 unspecified atom stereocenters. The third kappa shape index (κ3) is 2.79. The first-order chi connectivity index (χ1) is 8.72. The summed E-state index contributed by atoms with van der Waals surface area (Å²) in [6, 6.07) is 6.97. The number of aryl methyl sites for hydroxylation is 1. The smallest absolute Gasteiger partial charge is 0.148 e. The van der Waals surface area contributed by atoms with Crippen LogP contribution >= 0.6 is 27.3 Å². The Hall–Kier alpha value is -0.780. The van der Waals surface area contributed by atoms with Gasteiger partial charge in [-0.25, -0.2) is 0 Å². The van der Waals surface area contributed by atoms with Gasteiger partial charge in [-0.15, -0.1) is 10.2 Å². The molecule has 1 saturated carbocycles. The molecule has 2 aromatic rings. The van der Waals surface area contributed by atoms with Gasteiger partial charge in [-0.1, -0.05) is 33.3 Å². The number of nitrogens with one attached hydrogen (secondary N) is 1. The number of hydrogen-bond acceptors (Lipinski definition) is 4. The molecule has 0 spiro atoms. The van der Waals surface area contributed by atoms with E-state index in [0.717, 1.165) is 21.0 Å². The van der Waals surface area contributed by atoms with E-state index >= 15 is 0 Å². The lowest BCUT2D eigenvalue weighted by Crippen LogP contribution is -2.14. The minimum Gasteiger partial charge on any atom is -0.308 e. The van der Waals surface area contributed by atoms with Crippen LogP contribution in [-0.4, -0.2) is 16.2 Å². The summed E-state index contributed by atoms with van der Waals surface area (Å²) in [6.45, 7) is 2.95. The van der Waals surface area contributed by atoms with Crippen LogP contribution in [0.3, 0.4) is 0 Å². The van der Waals surface area contributed by atoms with Gasteiger partial charge < -0.3 is 5.32 Å². The fourth-order valence-electron chi connectivity index (χ4n) is 1.78. The van der Waals surface area contributed by atoms with Crippen molar-refractivity contribution in [3.63, 3.8) is 0 Å². The number of halogens is 1. The van der Waals surface area contributed by atoms with Crippen molar-refractivity contribution in [2.45, 2.75) is 32.4 Å². The third-order valence-corrected chi connectivity index (χ3v) is 4.47. The van der Waals surface area contributed by atoms with Crippen LogP contribution in [0.15, 0.2) is 22.7 Å². The molecule has 1 aliphatic rings. The van der Waals surface area contributed by atoms with Gasteiger partial charge >= 0.3 is 0 Å². The molecule has 1 fully saturated rings. The number of nitrogens with zero attached hydrogens (tertiary/aromatic N) is 2. The normalized spacial score (nSPS) is 15.0. The Morgan fingerprint density at radius 3 is 3.00 bits per heavy atom. The van der Waals surface area contributed by atoms with E-state index in [1.165, 1.54) is 24.0 Å². The molecule has 1 N–H and O–H groups in total. The minimum atomic E-state index is 0.713. The van der Waals surface area contributed by atoms with E-state index in [0.29, 0.717) is 6.04 Å². The van der Waals surface area contributed by atoms with E-state index in [-0.39, 0.29) is 0 Å². The summed E-state index contributed by atoms with van der Waals surface area (Å²) in [5, 5.41) is 14.1. The second kappa shape index (κ2) is 5.07. The van der Waals surface area contributed by atoms with Gasteiger partial charge in [0.1, 0.15) is 10.0 Å². The first-order valence-electron chi connectivity index (χ1n) is 6.04. The van der Waals surface area contributed by atoms with Crippen LogP contribution in [0.1, 0.15) is 23.4 Å². The molecule has 0 bridgehead atoms. The Balaban J connectivity index is 1.80. The van der Waals surface area contributed by atoms with Crippen molar-refractivity contribution < 1.29 is 0 Å². The Kier molecular flexibility index (Phi) is 3.46. The molecular formula is C13H14BrN3S. The second-order valence-corrected chi connectivity index (χ2v) is 6.59. The monoisotopic (exact) mass is 323 g/mol. The van der Waals surface area contributed by atoms with Gasteiger partial charge in [0.25, 0.3) is 0 Å². The summed E-state index contributed by atoms with van der Waals surface area (Å²) in [7, 11) is 0. The molecule has 1 aromatic heterocycles. The van der Waals surface area contributed by atoms with Gasteiger partial charge in [0, 0.05) is 22.6 Å². The van der Waals surface area contributed by atoms with Gasteiger partial charge in [-0.3, -0.25) is 0 Å². The number of rotatable bonds is 4. The van der Waals surface area contributed by atoms with Crippen LogP contribution in [0.5, 0.6) is 0 Å². The van der Waals surface area contributed by atoms with Gasteiger partial charge in [0.2, 0.25) is 0 Å². The molecule has 1 aromatic carbocycles. The van der Waals surface area contributed by atoms with Crippen LogP contribution in [0.2, 0.25) is 0 Å². The molecule has 1 aliphatic carbocycles. The van der Waals surface area contributed by atoms with E-state index in [1.807, 2.05) is 0 Å². The highest BCUT2D eigenvalue weighted by atomic mass is 79.9. The van der Waals surface area contributed by atoms with Crippen molar-refractivity contribution in [3.05, 3.63) is 33.2 Å². The predicted octanol–water partition coefficient (Wildman–Crippen LogP) is 3.53. The highest BCUT2D eigenvalue weighted by molar-refractivity contribution is 9.10. The van der Waals surface area contributed by atoms with E-state index < -0.39 is 0 Å². The van der Waals surface area contributed by atoms with E-state index in [1.54, 1.807) is 11.3 Å². The lowest BCUT2D eigenvalue weighted by atomic mass is 10.1. The molecule has 0 amide bonds. The van der Waals surface area contributed by atoms with E-state index in [4.69, 9.17) is 0 Å². The minimum absolute atomic E-state index is 0.713. The third-order valence-electron chi connectivity index (χ3n) is 3.02. The van der Waals surface area contributed by atoms with Crippen LogP contribution in [-0.2, 0) is 6.54 Å². The van der Waals surface area contributed by atoms with Crippen molar-refractivity contribution in [1.29, 1.82) is 0 Å². The lowest BCUT2D eigenvalue weighted by molar-refractivity contribution is 0.679. The van der Waals surface area contributed by atoms with Gasteiger partial charge in [0.15, 0.2) is 0 Å². The fourth-order valence-corrected chi connectivity index (χ4v) is 3.01. The maximum Gasteiger partial charge on any atom is 0.148 e. The summed E-state index contributed by atoms with van der Waals surface area (Å²) in [4.78, 5) is 0. The van der Waals surface area contributed by atoms with Gasteiger partial charge in [-0.2, -0.15) is 0 Å². The quantitative estimate of drug-likeness (QED) is 0.935. The molecule has 3 rings (SSSR count). The molecule has 18 heavy (non-hydrogen) atoms. The topological polar surface area (TPSA) is 37.8 Å². The second-order valence-electron chi connectivity index (χ2n) is 4.62. The van der Waals surface area contributed by atoms with Crippen LogP contribution < -0.4 is 5.32 Å². The molecule has 0 saturated heterocycles. The fraction of sp³-hybridized carbons (Fsp3) is 0.385. The summed E-state index contributed by atoms with van der Waals surface area (Å²) >= 11 is 5.18. The maximum absolute atomic E-state index is 4.29. The van der Waals surface area contributed by atoms with E-state index in [9.17, 15) is 0 Å². The van der Waals surface area contributed by atoms with Crippen molar-refractivity contribution >= 4 is 27.3 Å². The summed E-state index contributed by atoms with van der Waals surface area (Å²) < 4.78 is 1.08. The Morgan fingerprint density at radius 2 is 2.22 bits per heavy atom. The molecule has 94 valence electrons. The SMILES string of the molecule is Cc1ccc(Br)cc1-c1nnc(CNC2CC2)s1. The first kappa shape index (κ1) is 12.3. The summed E-state index contributed by atoms with van der Waals surface area (Å²) in [5.74, 6) is 0. The van der Waals surface area contributed by atoms with Crippen molar-refractivity contribution in [3.8, 4) is 10.6 Å². The van der Waals surface area contributed by atoms with Gasteiger partial charge in [0.05, 0.1) is 0 Å². The average Bonchev–Trinajstić information content (AvgIpc) is 3.08. The number of aromatic nitrogens is 2. The molecule has 0 aliphatic heterocycles. The Bertz CT molecular complexity index is 563. The zero-order valence-corrected chi connectivity index (χ0v) is 12.5. The Morgan fingerprint density at radius 1 is 1.39 bits per heavy atom. The molecule has 5 heteroatoms. The van der Waals surface area contributed by atoms with Crippen LogP contribution in [0.4, 0.5) is 0 Å². The highest BCUT2D eigenvalue weighted by Gasteiger charge is 2.20. The van der Waals surface area contributed by atoms with Crippen molar-refractivity contribution in [2.24, 2.45) is 0 Å². The maximum atomic E-state index is 4.29. The molecule has 0 atom stereocenters. The lowest BCUT2D eigenvalue weighted by Gasteiger charge is -2.01. The average molecular weight is 324 g/mol. The van der Waals surface area contributed by atoms with Gasteiger partial charge in [-0.05, 0) is 37.5 Å². The first-order valence-corrected chi connectivity index (χ1v) is 7.65. The number of benzene rings is 1. The largest absolute Gasteiger partial charge is 0.308 e. The van der Waals surface area contributed by atoms with E-state index in [2.05, 4.69) is 56.6 Å². The Labute approximate surface area is 119 Å². The standard InChI is InChI=1S/C13H14BrN3S/c1-8-2-3-9(14)6-11(8)13-17-16-12(18-13)7-15-10-4-5-10/h2-3,6,10,15H,4-5,7H2,1H3. The van der Waals surface area contributed by atoms with Crippen LogP contribution in [0.25, 0.3) is 10.6 Å². The molecule has 1 heterocycles. The predicted molar refractivity (Wildman–Crippen MR) is 77.6 cm³/mol. The van der Waals surface area contributed by atoms with Crippen molar-refractivity contribution in [1.82, 2.24) is 15.5 Å². The zero-order chi connectivity index (χ0) is 12.5. The van der Waals surface area contributed by atoms with Crippen LogP contribution in [0, 0.1) is 6.92 Å². The highest BCUT2D eigenvalue weighted by Crippen LogP contribution is 2.29. The van der Waals surface area contributed by atoms with Crippen molar-refractivity contribution in [2.75, 3.05) is 0 Å². The molecular weight excluding hydrogens is 310 g/mol. The summed E-state index contributed by atoms with van der Waals surface area (Å²) in [6.07, 6.45) is 2.60. The summed E-state index contributed by atoms with van der Waals surface area (Å²) in [5.41, 5.74) is 2.40. The zero-order valence-electron chi connectivity index (χ0n) is 10.1. The number of hydrogen-bond donors (Lipinski definition) is 1.